The lowest BCUT2D eigenvalue weighted by molar-refractivity contribution is -0.130. The first-order valence-electron chi connectivity index (χ1n) is 24.4. The first-order valence-corrected chi connectivity index (χ1v) is 26.1. The Bertz CT molecular complexity index is 1120. The fraction of sp³-hybridized carbons (Fsp3) is 0.820. The van der Waals surface area contributed by atoms with E-state index in [4.69, 9.17) is 0 Å². The summed E-state index contributed by atoms with van der Waals surface area (Å²) in [6, 6.07) is -1.26. The minimum Gasteiger partial charge on any atom is -0.387 e. The summed E-state index contributed by atoms with van der Waals surface area (Å²) in [6.45, 7) is 4.54. The summed E-state index contributed by atoms with van der Waals surface area (Å²) in [7, 11) is -4.46. The fourth-order valence-corrected chi connectivity index (χ4v) is 8.04. The molecule has 0 radical (unpaired) electrons. The first-order chi connectivity index (χ1) is 28.2. The van der Waals surface area contributed by atoms with E-state index < -0.39 is 40.0 Å². The number of aliphatic hydroxyl groups is 2. The normalized spacial score (nSPS) is 14.1. The van der Waals surface area contributed by atoms with Crippen molar-refractivity contribution < 1.29 is 28.0 Å². The second-order valence-corrected chi connectivity index (χ2v) is 18.4. The third-order valence-electron chi connectivity index (χ3n) is 11.1. The zero-order valence-electron chi connectivity index (χ0n) is 37.8. The van der Waals surface area contributed by atoms with Crippen LogP contribution in [0.25, 0.3) is 0 Å². The molecule has 0 aromatic heterocycles. The van der Waals surface area contributed by atoms with Gasteiger partial charge in [0.15, 0.2) is 0 Å². The van der Waals surface area contributed by atoms with Crippen LogP contribution in [-0.2, 0) is 14.9 Å². The third-order valence-corrected chi connectivity index (χ3v) is 11.8. The van der Waals surface area contributed by atoms with Crippen LogP contribution in [0.1, 0.15) is 239 Å². The average molecular weight is 836 g/mol. The Morgan fingerprint density at radius 3 is 1.14 bits per heavy atom. The van der Waals surface area contributed by atoms with Gasteiger partial charge in [-0.15, -0.1) is 0 Å². The van der Waals surface area contributed by atoms with Gasteiger partial charge < -0.3 is 15.5 Å². The molecule has 0 saturated carbocycles. The van der Waals surface area contributed by atoms with Crippen molar-refractivity contribution >= 4 is 16.0 Å². The average Bonchev–Trinajstić information content (AvgIpc) is 3.19. The summed E-state index contributed by atoms with van der Waals surface area (Å²) in [5.74, 6) is -1.57. The molecule has 0 bridgehead atoms. The Kier molecular flexibility index (Phi) is 42.1. The lowest BCUT2D eigenvalue weighted by Crippen LogP contribution is -2.50. The number of allylic oxidation sites excluding steroid dienone is 7. The van der Waals surface area contributed by atoms with Gasteiger partial charge in [0.25, 0.3) is 10.1 Å². The van der Waals surface area contributed by atoms with Gasteiger partial charge >= 0.3 is 0 Å². The Morgan fingerprint density at radius 2 is 0.776 bits per heavy atom. The largest absolute Gasteiger partial charge is 0.387 e. The number of hydrogen-bond acceptors (Lipinski definition) is 5. The van der Waals surface area contributed by atoms with Gasteiger partial charge in [-0.2, -0.15) is 8.42 Å². The first kappa shape index (κ1) is 56.3. The Morgan fingerprint density at radius 1 is 0.466 bits per heavy atom. The summed E-state index contributed by atoms with van der Waals surface area (Å²) in [5.41, 5.74) is 0. The van der Waals surface area contributed by atoms with Crippen molar-refractivity contribution in [3.8, 4) is 0 Å². The maximum Gasteiger partial charge on any atom is 0.267 e. The zero-order chi connectivity index (χ0) is 42.6. The molecule has 8 heteroatoms. The number of nitrogens with one attached hydrogen (secondary N) is 1. The molecule has 340 valence electrons. The van der Waals surface area contributed by atoms with Crippen molar-refractivity contribution in [2.75, 3.05) is 5.75 Å². The molecular formula is C50H93NO6S. The molecule has 0 aromatic rings. The molecule has 0 rings (SSSR count). The van der Waals surface area contributed by atoms with E-state index in [-0.39, 0.29) is 6.42 Å². The van der Waals surface area contributed by atoms with Crippen molar-refractivity contribution in [2.45, 2.75) is 257 Å². The van der Waals surface area contributed by atoms with Crippen molar-refractivity contribution in [1.82, 2.24) is 5.32 Å². The standard InChI is InChI=1S/C50H93NO6S/c1-3-5-7-9-11-13-15-17-19-21-23-25-27-28-30-32-34-36-38-40-42-44-48(52)47(46-58(55,56)57)51-50(54)49(53)45-43-41-39-37-35-33-31-29-26-24-22-20-18-16-14-12-10-8-6-4-2/h26-29,34,36,42,44,47-49,52-53H,3-25,30-33,35,37-41,43,45-46H2,1-2H3,(H,51,54)(H,55,56,57)/b28-27+,29-26-,36-34+,44-42+. The van der Waals surface area contributed by atoms with E-state index in [1.165, 1.54) is 160 Å². The van der Waals surface area contributed by atoms with E-state index in [9.17, 15) is 28.0 Å². The number of unbranched alkanes of at least 4 members (excludes halogenated alkanes) is 29. The molecule has 4 N–H and O–H groups in total. The van der Waals surface area contributed by atoms with Gasteiger partial charge in [-0.1, -0.05) is 217 Å². The molecule has 0 saturated heterocycles. The van der Waals surface area contributed by atoms with E-state index >= 15 is 0 Å². The second-order valence-electron chi connectivity index (χ2n) is 16.9. The SMILES string of the molecule is CCCCCCCCCCCC/C=C\CCCCCCCCC(O)C(=O)NC(CS(=O)(=O)O)C(O)/C=C/CC/C=C/CC/C=C/CCCCCCCCCCCCC. The van der Waals surface area contributed by atoms with Gasteiger partial charge in [-0.05, 0) is 70.6 Å². The monoisotopic (exact) mass is 836 g/mol. The summed E-state index contributed by atoms with van der Waals surface area (Å²) in [5, 5.41) is 23.5. The van der Waals surface area contributed by atoms with E-state index in [2.05, 4.69) is 55.6 Å². The van der Waals surface area contributed by atoms with Crippen LogP contribution in [0, 0.1) is 0 Å². The molecule has 0 aromatic carbocycles. The van der Waals surface area contributed by atoms with Crippen molar-refractivity contribution in [2.24, 2.45) is 0 Å². The molecule has 0 aliphatic rings. The number of hydrogen-bond donors (Lipinski definition) is 4. The van der Waals surface area contributed by atoms with Gasteiger partial charge in [0.05, 0.1) is 17.9 Å². The highest BCUT2D eigenvalue weighted by Crippen LogP contribution is 2.15. The van der Waals surface area contributed by atoms with E-state index in [0.29, 0.717) is 12.8 Å². The summed E-state index contributed by atoms with van der Waals surface area (Å²) < 4.78 is 32.7. The lowest BCUT2D eigenvalue weighted by Gasteiger charge is -2.22. The van der Waals surface area contributed by atoms with Gasteiger partial charge in [0.2, 0.25) is 5.91 Å². The summed E-state index contributed by atoms with van der Waals surface area (Å²) in [6.07, 6.45) is 56.1. The maximum absolute atomic E-state index is 12.6. The molecule has 7 nitrogen and oxygen atoms in total. The molecule has 58 heavy (non-hydrogen) atoms. The predicted octanol–water partition coefficient (Wildman–Crippen LogP) is 14.0. The third kappa shape index (κ3) is 42.4. The van der Waals surface area contributed by atoms with E-state index in [1.807, 2.05) is 0 Å². The van der Waals surface area contributed by atoms with Gasteiger partial charge in [0.1, 0.15) is 6.10 Å². The number of rotatable bonds is 44. The fourth-order valence-electron chi connectivity index (χ4n) is 7.31. The predicted molar refractivity (Wildman–Crippen MR) is 250 cm³/mol. The highest BCUT2D eigenvalue weighted by atomic mass is 32.2. The summed E-state index contributed by atoms with van der Waals surface area (Å²) in [4.78, 5) is 12.6. The van der Waals surface area contributed by atoms with Crippen LogP contribution in [0.3, 0.4) is 0 Å². The topological polar surface area (TPSA) is 124 Å². The molecule has 3 atom stereocenters. The minimum absolute atomic E-state index is 0.263. The molecule has 0 fully saturated rings. The number of amides is 1. The molecule has 1 amide bonds. The summed E-state index contributed by atoms with van der Waals surface area (Å²) >= 11 is 0. The van der Waals surface area contributed by atoms with Crippen molar-refractivity contribution in [3.63, 3.8) is 0 Å². The Hall–Kier alpha value is -1.74. The molecule has 0 aliphatic heterocycles. The highest BCUT2D eigenvalue weighted by molar-refractivity contribution is 7.85. The quantitative estimate of drug-likeness (QED) is 0.0275. The zero-order valence-corrected chi connectivity index (χ0v) is 38.6. The number of carbonyl (C=O) groups excluding carboxylic acids is 1. The van der Waals surface area contributed by atoms with Crippen LogP contribution in [0.15, 0.2) is 48.6 Å². The number of aliphatic hydroxyl groups excluding tert-OH is 2. The van der Waals surface area contributed by atoms with Crippen LogP contribution < -0.4 is 5.32 Å². The van der Waals surface area contributed by atoms with Crippen LogP contribution in [0.4, 0.5) is 0 Å². The van der Waals surface area contributed by atoms with Crippen molar-refractivity contribution in [1.29, 1.82) is 0 Å². The Labute approximate surface area is 359 Å². The van der Waals surface area contributed by atoms with Crippen LogP contribution in [0.5, 0.6) is 0 Å². The van der Waals surface area contributed by atoms with Crippen LogP contribution in [-0.4, -0.2) is 53.1 Å². The molecule has 0 aliphatic carbocycles. The smallest absolute Gasteiger partial charge is 0.267 e. The second kappa shape index (κ2) is 43.4. The van der Waals surface area contributed by atoms with E-state index in [1.54, 1.807) is 6.08 Å². The van der Waals surface area contributed by atoms with Crippen LogP contribution in [0.2, 0.25) is 0 Å². The Balaban J connectivity index is 4.01. The molecule has 3 unspecified atom stereocenters. The maximum atomic E-state index is 12.6. The van der Waals surface area contributed by atoms with Gasteiger partial charge in [-0.3, -0.25) is 9.35 Å². The molecular weight excluding hydrogens is 743 g/mol. The van der Waals surface area contributed by atoms with E-state index in [0.717, 1.165) is 51.4 Å². The van der Waals surface area contributed by atoms with Gasteiger partial charge in [-0.25, -0.2) is 0 Å². The highest BCUT2D eigenvalue weighted by Gasteiger charge is 2.27. The molecule has 0 heterocycles. The minimum atomic E-state index is -4.46. The number of carbonyl (C=O) groups is 1. The van der Waals surface area contributed by atoms with Gasteiger partial charge in [0, 0.05) is 0 Å². The lowest BCUT2D eigenvalue weighted by atomic mass is 10.0. The molecule has 0 spiro atoms. The van der Waals surface area contributed by atoms with Crippen molar-refractivity contribution in [3.05, 3.63) is 48.6 Å². The van der Waals surface area contributed by atoms with Crippen LogP contribution >= 0.6 is 0 Å².